The van der Waals surface area contributed by atoms with Crippen LogP contribution < -0.4 is 107 Å². The third-order valence-electron chi connectivity index (χ3n) is 4.75. The molecule has 2 atom stereocenters. The van der Waals surface area contributed by atoms with E-state index in [4.69, 9.17) is 17.0 Å². The smallest absolute Gasteiger partial charge is 0.747 e. The van der Waals surface area contributed by atoms with Crippen molar-refractivity contribution < 1.29 is 138 Å². The number of benzene rings is 1. The predicted molar refractivity (Wildman–Crippen MR) is 99.2 cm³/mol. The molecule has 4 rings (SSSR count). The number of para-hydroxylation sites is 1. The zero-order chi connectivity index (χ0) is 20.5. The third-order valence-corrected chi connectivity index (χ3v) is 8.16. The molecular weight excluding hydrogens is 531 g/mol. The van der Waals surface area contributed by atoms with E-state index in [1.807, 2.05) is 0 Å². The molecule has 0 radical (unpaired) electrons. The van der Waals surface area contributed by atoms with Gasteiger partial charge in [0.1, 0.15) is 16.0 Å². The third kappa shape index (κ3) is 4.77. The number of rotatable bonds is 3. The van der Waals surface area contributed by atoms with Crippen LogP contribution in [0.4, 0.5) is 5.69 Å². The topological polar surface area (TPSA) is 144 Å². The van der Waals surface area contributed by atoms with Crippen molar-refractivity contribution in [3.8, 4) is 0 Å². The first-order valence-electron chi connectivity index (χ1n) is 7.77. The number of amides is 1. The summed E-state index contributed by atoms with van der Waals surface area (Å²) < 4.78 is 73.6. The molecule has 2 saturated heterocycles. The Labute approximate surface area is 267 Å². The van der Waals surface area contributed by atoms with E-state index in [1.165, 1.54) is 0 Å². The van der Waals surface area contributed by atoms with Crippen LogP contribution in [0.1, 0.15) is 6.42 Å². The fourth-order valence-corrected chi connectivity index (χ4v) is 7.04. The number of hydrogen-bond donors (Lipinski definition) is 0. The monoisotopic (exact) mass is 541 g/mol. The molecule has 30 heavy (non-hydrogen) atoms. The van der Waals surface area contributed by atoms with Crippen molar-refractivity contribution in [3.63, 3.8) is 0 Å². The van der Waals surface area contributed by atoms with Crippen LogP contribution in [0.25, 0.3) is 0 Å². The maximum atomic E-state index is 12.7. The summed E-state index contributed by atoms with van der Waals surface area (Å²) in [6.45, 7) is 0.234. The molecule has 2 unspecified atom stereocenters. The quantitative estimate of drug-likeness (QED) is 0.119. The summed E-state index contributed by atoms with van der Waals surface area (Å²) in [5, 5.41) is -1.74. The molecule has 3 aliphatic rings. The average Bonchev–Trinajstić information content (AvgIpc) is 3.02. The minimum Gasteiger partial charge on any atom is -0.747 e. The summed E-state index contributed by atoms with van der Waals surface area (Å²) in [6, 6.07) is 6.76. The van der Waals surface area contributed by atoms with E-state index >= 15 is 0 Å². The van der Waals surface area contributed by atoms with E-state index < -0.39 is 47.1 Å². The molecule has 0 saturated carbocycles. The van der Waals surface area contributed by atoms with Crippen LogP contribution in [0.5, 0.6) is 0 Å². The Morgan fingerprint density at radius 2 is 1.83 bits per heavy atom. The number of carbonyl (C=O) groups is 1. The molecule has 1 spiro atoms. The Kier molecular flexibility index (Phi) is 9.10. The summed E-state index contributed by atoms with van der Waals surface area (Å²) in [5.74, 6) is -2.54. The van der Waals surface area contributed by atoms with Gasteiger partial charge in [-0.15, -0.1) is 0 Å². The Balaban J connectivity index is 0.00000160. The number of fused-ring (bicyclic) bond motifs is 2. The van der Waals surface area contributed by atoms with Gasteiger partial charge in [0, 0.05) is 6.07 Å². The molecule has 0 bridgehead atoms. The zero-order valence-corrected chi connectivity index (χ0v) is 25.3. The maximum Gasteiger partial charge on any atom is 1.00 e. The van der Waals surface area contributed by atoms with Crippen LogP contribution in [-0.4, -0.2) is 59.7 Å². The van der Waals surface area contributed by atoms with Crippen molar-refractivity contribution in [2.24, 2.45) is 0 Å². The van der Waals surface area contributed by atoms with Gasteiger partial charge in [-0.05, 0) is 30.0 Å². The Bertz CT molecular complexity index is 1170. The summed E-state index contributed by atoms with van der Waals surface area (Å²) in [6.07, 6.45) is 0.0921. The molecule has 16 heteroatoms. The van der Waals surface area contributed by atoms with Gasteiger partial charge in [-0.2, -0.15) is 0 Å². The van der Waals surface area contributed by atoms with Gasteiger partial charge in [-0.25, -0.2) is 21.3 Å². The van der Waals surface area contributed by atoms with Gasteiger partial charge in [0.05, 0.1) is 17.9 Å². The molecule has 150 valence electrons. The van der Waals surface area contributed by atoms with E-state index in [1.54, 1.807) is 24.3 Å². The molecule has 0 aromatic heterocycles. The Morgan fingerprint density at radius 1 is 1.20 bits per heavy atom. The van der Waals surface area contributed by atoms with Crippen LogP contribution in [0, 0.1) is 0 Å². The van der Waals surface area contributed by atoms with Crippen LogP contribution in [0.2, 0.25) is 0 Å². The van der Waals surface area contributed by atoms with Crippen LogP contribution in [0.15, 0.2) is 39.9 Å². The number of ether oxygens (including phenoxy) is 1. The number of nitrogens with zero attached hydrogens (tertiary/aromatic N) is 2. The first kappa shape index (κ1) is 28.0. The van der Waals surface area contributed by atoms with E-state index in [0.717, 1.165) is 11.8 Å². The molecule has 0 aliphatic carbocycles. The normalized spacial score (nSPS) is 27.8. The van der Waals surface area contributed by atoms with E-state index in [-0.39, 0.29) is 127 Å². The van der Waals surface area contributed by atoms with Gasteiger partial charge >= 0.3 is 109 Å². The number of carbonyl (C=O) groups excluding carboxylic acids is 1. The molecule has 3 aliphatic heterocycles. The first-order chi connectivity index (χ1) is 12.9. The second kappa shape index (κ2) is 9.76. The number of quaternary nitrogens is 1. The molecule has 2 fully saturated rings. The van der Waals surface area contributed by atoms with Gasteiger partial charge in [-0.1, -0.05) is 12.1 Å². The Hall–Kier alpha value is 1.72. The van der Waals surface area contributed by atoms with Gasteiger partial charge in [0.15, 0.2) is 21.2 Å². The first-order valence-corrected chi connectivity index (χ1v) is 12.0. The van der Waals surface area contributed by atoms with Gasteiger partial charge in [-0.3, -0.25) is 9.69 Å². The van der Waals surface area contributed by atoms with E-state index in [2.05, 4.69) is 0 Å². The second-order valence-electron chi connectivity index (χ2n) is 6.32. The Morgan fingerprint density at radius 3 is 2.37 bits per heavy atom. The number of thiocarbonyl (C=S) groups is 1. The minimum atomic E-state index is -4.82. The van der Waals surface area contributed by atoms with Gasteiger partial charge in [0.25, 0.3) is 10.9 Å². The zero-order valence-electron chi connectivity index (χ0n) is 15.8. The second-order valence-corrected chi connectivity index (χ2v) is 10.6. The fraction of sp³-hybridized carbons (Fsp3) is 0.286. The molecule has 10 nitrogen and oxygen atoms in total. The van der Waals surface area contributed by atoms with Gasteiger partial charge < -0.3 is 13.8 Å². The molecule has 1 aromatic carbocycles. The number of thioether (sulfide) groups is 1. The standard InChI is InChI=1S/C14H12N2O8S4.2K/c17-12-11(24-14(25)15(12)7-27(18,19)20)13-16(6-5-10(16)28(21,22)23)8-3-1-2-4-9(8)26-13;;/h1-4,10H,5-7H2,(H-,18,19,20,21,22,23);;/q;2*+1/p-1/b13-11-;;. The van der Waals surface area contributed by atoms with Crippen LogP contribution in [-0.2, 0) is 29.8 Å². The van der Waals surface area contributed by atoms with Gasteiger partial charge in [0.2, 0.25) is 5.03 Å². The maximum absolute atomic E-state index is 12.7. The van der Waals surface area contributed by atoms with Crippen molar-refractivity contribution in [2.75, 3.05) is 12.4 Å². The molecular formula is C14H11K2N2O8S4+. The van der Waals surface area contributed by atoms with Crippen molar-refractivity contribution in [3.05, 3.63) is 35.1 Å². The largest absolute Gasteiger partial charge is 1.00 e. The average molecular weight is 542 g/mol. The van der Waals surface area contributed by atoms with E-state index in [9.17, 15) is 30.7 Å². The van der Waals surface area contributed by atoms with Crippen LogP contribution >= 0.6 is 24.0 Å². The predicted octanol–water partition coefficient (Wildman–Crippen LogP) is -5.80. The van der Waals surface area contributed by atoms with Crippen molar-refractivity contribution in [2.45, 2.75) is 16.7 Å². The molecule has 1 aromatic rings. The van der Waals surface area contributed by atoms with Crippen molar-refractivity contribution in [1.29, 1.82) is 0 Å². The summed E-state index contributed by atoms with van der Waals surface area (Å²) in [4.78, 5) is 13.9. The summed E-state index contributed by atoms with van der Waals surface area (Å²) in [5.41, 5.74) is 0.530. The fourth-order valence-electron chi connectivity index (χ4n) is 3.56. The van der Waals surface area contributed by atoms with E-state index in [0.29, 0.717) is 15.5 Å². The van der Waals surface area contributed by atoms with Crippen LogP contribution in [0.3, 0.4) is 0 Å². The molecule has 3 heterocycles. The van der Waals surface area contributed by atoms with Crippen molar-refractivity contribution >= 4 is 61.0 Å². The molecule has 1 amide bonds. The minimum absolute atomic E-state index is 0. The summed E-state index contributed by atoms with van der Waals surface area (Å²) >= 11 is 5.92. The number of hydrogen-bond acceptors (Lipinski definition) is 10. The SMILES string of the molecule is O=C1/C(=C2/Sc3ccccc3[N+]23CCC3S(=O)(=O)[O-])OC(=S)N1CS(=O)(=O)[O-].[K+].[K+]. The van der Waals surface area contributed by atoms with Crippen molar-refractivity contribution in [1.82, 2.24) is 9.38 Å². The molecule has 0 N–H and O–H groups in total. The summed E-state index contributed by atoms with van der Waals surface area (Å²) in [7, 11) is -9.54.